The maximum atomic E-state index is 11.7. The van der Waals surface area contributed by atoms with Gasteiger partial charge in [0.25, 0.3) is 0 Å². The van der Waals surface area contributed by atoms with Gasteiger partial charge in [-0.3, -0.25) is 4.79 Å². The Labute approximate surface area is 97.9 Å². The molecule has 1 aliphatic rings. The lowest BCUT2D eigenvalue weighted by molar-refractivity contribution is -0.117. The predicted octanol–water partition coefficient (Wildman–Crippen LogP) is 3.53. The Morgan fingerprint density at radius 2 is 1.19 bits per heavy atom. The van der Waals surface area contributed by atoms with Crippen LogP contribution in [-0.2, 0) is 4.79 Å². The SMILES string of the molecule is [N-]=[N+]=C1CCCCCCCCCCCC1=O. The van der Waals surface area contributed by atoms with Gasteiger partial charge < -0.3 is 5.53 Å². The van der Waals surface area contributed by atoms with Crippen LogP contribution in [0.5, 0.6) is 0 Å². The summed E-state index contributed by atoms with van der Waals surface area (Å²) in [5.41, 5.74) is 9.18. The molecule has 0 aromatic carbocycles. The van der Waals surface area contributed by atoms with E-state index in [0.29, 0.717) is 18.6 Å². The lowest BCUT2D eigenvalue weighted by Gasteiger charge is -1.99. The minimum atomic E-state index is 0.0433. The number of carbonyl (C=O) groups excluding carboxylic acids is 1. The van der Waals surface area contributed by atoms with Crippen molar-refractivity contribution in [3.8, 4) is 0 Å². The second-order valence-corrected chi connectivity index (χ2v) is 4.65. The molecule has 3 heteroatoms. The average Bonchev–Trinajstić information content (AvgIpc) is 2.31. The van der Waals surface area contributed by atoms with Crippen molar-refractivity contribution in [1.82, 2.24) is 0 Å². The Balaban J connectivity index is 2.43. The molecule has 0 unspecified atom stereocenters. The van der Waals surface area contributed by atoms with Crippen molar-refractivity contribution in [2.24, 2.45) is 0 Å². The first-order chi connectivity index (χ1) is 7.84. The molecule has 1 saturated carbocycles. The van der Waals surface area contributed by atoms with Crippen LogP contribution in [0.1, 0.15) is 70.6 Å². The van der Waals surface area contributed by atoms with E-state index in [1.54, 1.807) is 0 Å². The summed E-state index contributed by atoms with van der Waals surface area (Å²) in [4.78, 5) is 14.8. The molecule has 16 heavy (non-hydrogen) atoms. The van der Waals surface area contributed by atoms with Gasteiger partial charge in [0.15, 0.2) is 0 Å². The molecule has 0 amide bonds. The van der Waals surface area contributed by atoms with E-state index in [-0.39, 0.29) is 5.78 Å². The minimum absolute atomic E-state index is 0.0433. The Bertz CT molecular complexity index is 267. The molecule has 0 atom stereocenters. The summed E-state index contributed by atoms with van der Waals surface area (Å²) in [7, 11) is 0. The topological polar surface area (TPSA) is 53.5 Å². The lowest BCUT2D eigenvalue weighted by atomic mass is 10.0. The maximum absolute atomic E-state index is 11.7. The summed E-state index contributed by atoms with van der Waals surface area (Å²) in [6.07, 6.45) is 11.8. The number of hydrogen-bond donors (Lipinski definition) is 0. The quantitative estimate of drug-likeness (QED) is 0.457. The number of hydrogen-bond acceptors (Lipinski definition) is 1. The third kappa shape index (κ3) is 5.22. The first kappa shape index (κ1) is 13.1. The molecule has 90 valence electrons. The smallest absolute Gasteiger partial charge is 0.334 e. The average molecular weight is 222 g/mol. The standard InChI is InChI=1S/C13H22N2O/c14-15-12-10-8-6-4-2-1-3-5-7-9-11-13(12)16/h1-11H2. The molecular formula is C13H22N2O. The van der Waals surface area contributed by atoms with Crippen LogP contribution in [0.2, 0.25) is 0 Å². The molecule has 0 bridgehead atoms. The molecular weight excluding hydrogens is 200 g/mol. The summed E-state index contributed by atoms with van der Waals surface area (Å²) in [5.74, 6) is 0.0433. The van der Waals surface area contributed by atoms with Crippen molar-refractivity contribution >= 4 is 11.5 Å². The molecule has 0 N–H and O–H groups in total. The second kappa shape index (κ2) is 8.23. The monoisotopic (exact) mass is 222 g/mol. The van der Waals surface area contributed by atoms with Crippen molar-refractivity contribution in [3.05, 3.63) is 5.53 Å². The first-order valence-corrected chi connectivity index (χ1v) is 6.58. The van der Waals surface area contributed by atoms with Crippen molar-refractivity contribution in [2.75, 3.05) is 0 Å². The molecule has 0 aliphatic heterocycles. The third-order valence-electron chi connectivity index (χ3n) is 3.26. The van der Waals surface area contributed by atoms with Crippen LogP contribution in [-0.4, -0.2) is 16.3 Å². The van der Waals surface area contributed by atoms with Crippen LogP contribution < -0.4 is 0 Å². The summed E-state index contributed by atoms with van der Waals surface area (Å²) in [6, 6.07) is 0. The second-order valence-electron chi connectivity index (χ2n) is 4.65. The zero-order chi connectivity index (χ0) is 11.6. The van der Waals surface area contributed by atoms with E-state index in [9.17, 15) is 4.79 Å². The van der Waals surface area contributed by atoms with Crippen molar-refractivity contribution in [2.45, 2.75) is 70.6 Å². The number of carbonyl (C=O) groups is 1. The van der Waals surface area contributed by atoms with Gasteiger partial charge in [-0.25, -0.2) is 0 Å². The fraction of sp³-hybridized carbons (Fsp3) is 0.846. The lowest BCUT2D eigenvalue weighted by Crippen LogP contribution is -2.14. The summed E-state index contributed by atoms with van der Waals surface area (Å²) in [5, 5.41) is 0. The van der Waals surface area contributed by atoms with Gasteiger partial charge in [0, 0.05) is 6.42 Å². The zero-order valence-corrected chi connectivity index (χ0v) is 10.1. The molecule has 0 heterocycles. The molecule has 1 fully saturated rings. The van der Waals surface area contributed by atoms with E-state index >= 15 is 0 Å². The number of rotatable bonds is 0. The van der Waals surface area contributed by atoms with Gasteiger partial charge in [-0.2, -0.15) is 4.79 Å². The van der Waals surface area contributed by atoms with E-state index in [1.165, 1.54) is 32.1 Å². The Hall–Kier alpha value is -0.950. The molecule has 0 spiro atoms. The third-order valence-corrected chi connectivity index (χ3v) is 3.26. The van der Waals surface area contributed by atoms with Crippen molar-refractivity contribution in [1.29, 1.82) is 0 Å². The Morgan fingerprint density at radius 1 is 0.750 bits per heavy atom. The van der Waals surface area contributed by atoms with Crippen molar-refractivity contribution < 1.29 is 9.58 Å². The van der Waals surface area contributed by atoms with Crippen molar-refractivity contribution in [3.63, 3.8) is 0 Å². The van der Waals surface area contributed by atoms with Gasteiger partial charge >= 0.3 is 5.71 Å². The molecule has 1 aliphatic carbocycles. The van der Waals surface area contributed by atoms with E-state index in [2.05, 4.69) is 4.79 Å². The number of nitrogens with zero attached hydrogens (tertiary/aromatic N) is 2. The van der Waals surface area contributed by atoms with Gasteiger partial charge in [-0.05, 0) is 12.8 Å². The van der Waals surface area contributed by atoms with Gasteiger partial charge in [0.2, 0.25) is 5.78 Å². The summed E-state index contributed by atoms with van der Waals surface area (Å²) in [6.45, 7) is 0. The van der Waals surface area contributed by atoms with Crippen LogP contribution in [0.15, 0.2) is 0 Å². The Morgan fingerprint density at radius 3 is 1.69 bits per heavy atom. The summed E-state index contributed by atoms with van der Waals surface area (Å²) < 4.78 is 0. The molecule has 3 nitrogen and oxygen atoms in total. The van der Waals surface area contributed by atoms with Gasteiger partial charge in [-0.15, -0.1) is 0 Å². The highest BCUT2D eigenvalue weighted by atomic mass is 16.1. The number of ketones is 1. The largest absolute Gasteiger partial charge is 0.361 e. The van der Waals surface area contributed by atoms with Gasteiger partial charge in [0.05, 0.1) is 6.42 Å². The predicted molar refractivity (Wildman–Crippen MR) is 64.4 cm³/mol. The zero-order valence-electron chi connectivity index (χ0n) is 10.1. The molecule has 0 aromatic rings. The van der Waals surface area contributed by atoms with E-state index in [1.807, 2.05) is 0 Å². The first-order valence-electron chi connectivity index (χ1n) is 6.58. The van der Waals surface area contributed by atoms with Gasteiger partial charge in [-0.1, -0.05) is 44.9 Å². The molecule has 0 radical (unpaired) electrons. The van der Waals surface area contributed by atoms with Crippen LogP contribution in [0, 0.1) is 0 Å². The molecule has 0 saturated heterocycles. The van der Waals surface area contributed by atoms with Crippen LogP contribution >= 0.6 is 0 Å². The summed E-state index contributed by atoms with van der Waals surface area (Å²) >= 11 is 0. The fourth-order valence-corrected chi connectivity index (χ4v) is 2.20. The van der Waals surface area contributed by atoms with E-state index < -0.39 is 0 Å². The molecule has 1 rings (SSSR count). The van der Waals surface area contributed by atoms with Crippen LogP contribution in [0.25, 0.3) is 5.53 Å². The van der Waals surface area contributed by atoms with Crippen LogP contribution in [0.3, 0.4) is 0 Å². The van der Waals surface area contributed by atoms with E-state index in [0.717, 1.165) is 25.7 Å². The highest BCUT2D eigenvalue weighted by molar-refractivity contribution is 6.37. The highest BCUT2D eigenvalue weighted by Gasteiger charge is 2.18. The Kier molecular flexibility index (Phi) is 6.75. The minimum Gasteiger partial charge on any atom is -0.361 e. The molecule has 0 aromatic heterocycles. The van der Waals surface area contributed by atoms with Gasteiger partial charge in [0.1, 0.15) is 0 Å². The normalized spacial score (nSPS) is 21.5. The number of Topliss-reactive ketones (excluding diaryl/α,β-unsaturated/α-hetero) is 1. The highest BCUT2D eigenvalue weighted by Crippen LogP contribution is 2.13. The van der Waals surface area contributed by atoms with E-state index in [4.69, 9.17) is 5.53 Å². The maximum Gasteiger partial charge on any atom is 0.334 e. The fourth-order valence-electron chi connectivity index (χ4n) is 2.20. The van der Waals surface area contributed by atoms with Crippen LogP contribution in [0.4, 0.5) is 0 Å².